The lowest BCUT2D eigenvalue weighted by Crippen LogP contribution is -2.38. The molecule has 3 aromatic rings. The molecule has 0 atom stereocenters. The first-order chi connectivity index (χ1) is 17.7. The Labute approximate surface area is 218 Å². The van der Waals surface area contributed by atoms with E-state index < -0.39 is 11.4 Å². The third-order valence-electron chi connectivity index (χ3n) is 6.25. The predicted octanol–water partition coefficient (Wildman–Crippen LogP) is 5.77. The van der Waals surface area contributed by atoms with E-state index in [0.29, 0.717) is 42.5 Å². The Morgan fingerprint density at radius 3 is 2.51 bits per heavy atom. The molecule has 0 radical (unpaired) electrons. The number of fused-ring (bicyclic) bond motifs is 1. The molecule has 0 fully saturated rings. The number of carbonyl (C=O) groups excluding carboxylic acids is 2. The van der Waals surface area contributed by atoms with Gasteiger partial charge in [-0.25, -0.2) is 9.78 Å². The molecule has 2 aromatic carbocycles. The van der Waals surface area contributed by atoms with Crippen molar-refractivity contribution in [3.05, 3.63) is 48.0 Å². The largest absolute Gasteiger partial charge is 0.382 e. The Kier molecular flexibility index (Phi) is 9.25. The number of rotatable bonds is 11. The van der Waals surface area contributed by atoms with Gasteiger partial charge in [-0.3, -0.25) is 10.1 Å². The molecule has 0 bridgehead atoms. The van der Waals surface area contributed by atoms with E-state index in [1.807, 2.05) is 43.5 Å². The number of ether oxygens (including phenoxy) is 1. The number of anilines is 3. The van der Waals surface area contributed by atoms with Crippen molar-refractivity contribution in [2.24, 2.45) is 5.41 Å². The molecule has 9 heteroatoms. The van der Waals surface area contributed by atoms with Crippen LogP contribution >= 0.6 is 0 Å². The molecule has 0 saturated heterocycles. The lowest BCUT2D eigenvalue weighted by atomic mass is 9.86. The molecule has 3 rings (SSSR count). The number of hydrogen-bond acceptors (Lipinski definition) is 5. The van der Waals surface area contributed by atoms with Crippen LogP contribution in [0.5, 0.6) is 0 Å². The highest BCUT2D eigenvalue weighted by Gasteiger charge is 2.30. The Morgan fingerprint density at radius 1 is 1.14 bits per heavy atom. The van der Waals surface area contributed by atoms with Crippen LogP contribution in [0.1, 0.15) is 52.5 Å². The molecule has 37 heavy (non-hydrogen) atoms. The number of nitrogens with one attached hydrogen (secondary N) is 2. The van der Waals surface area contributed by atoms with E-state index in [2.05, 4.69) is 23.6 Å². The molecule has 196 valence electrons. The van der Waals surface area contributed by atoms with E-state index >= 15 is 0 Å². The number of nitriles is 1. The van der Waals surface area contributed by atoms with Crippen LogP contribution in [0.2, 0.25) is 0 Å². The van der Waals surface area contributed by atoms with Crippen LogP contribution in [-0.2, 0) is 16.1 Å². The molecule has 3 amide bonds. The van der Waals surface area contributed by atoms with Crippen molar-refractivity contribution in [2.45, 2.75) is 53.5 Å². The Hall–Kier alpha value is -3.90. The second-order valence-corrected chi connectivity index (χ2v) is 9.58. The van der Waals surface area contributed by atoms with Gasteiger partial charge in [0.05, 0.1) is 22.7 Å². The lowest BCUT2D eigenvalue weighted by molar-refractivity contribution is -0.126. The molecular formula is C28H36N6O3. The van der Waals surface area contributed by atoms with Gasteiger partial charge in [-0.1, -0.05) is 27.2 Å². The van der Waals surface area contributed by atoms with Crippen molar-refractivity contribution < 1.29 is 14.3 Å². The molecule has 0 aliphatic heterocycles. The van der Waals surface area contributed by atoms with Crippen molar-refractivity contribution in [2.75, 3.05) is 35.8 Å². The summed E-state index contributed by atoms with van der Waals surface area (Å²) in [5.41, 5.74) is 2.88. The fourth-order valence-electron chi connectivity index (χ4n) is 4.31. The van der Waals surface area contributed by atoms with Crippen LogP contribution in [0, 0.1) is 16.7 Å². The highest BCUT2D eigenvalue weighted by atomic mass is 16.5. The molecule has 0 aliphatic rings. The number of aromatic nitrogens is 2. The minimum absolute atomic E-state index is 0.0463. The Bertz CT molecular complexity index is 1270. The maximum atomic E-state index is 13.1. The first kappa shape index (κ1) is 27.7. The molecule has 9 nitrogen and oxygen atoms in total. The normalized spacial score (nSPS) is 11.2. The standard InChI is InChI=1S/C28H36N6O3/c1-6-15-28(3,4)25(35)33(5)22-13-14-24-23(18-22)31-26(34(24)16-8-17-37-7-2)32-27(36)30-21-11-9-20(19-29)10-12-21/h9-14,18H,6-8,15-17H2,1-5H3,(H2,30,31,32,36). The highest BCUT2D eigenvalue weighted by molar-refractivity contribution is 6.01. The van der Waals surface area contributed by atoms with E-state index in [1.54, 1.807) is 36.2 Å². The minimum Gasteiger partial charge on any atom is -0.382 e. The second kappa shape index (κ2) is 12.4. The average molecular weight is 505 g/mol. The van der Waals surface area contributed by atoms with Crippen molar-refractivity contribution in [1.29, 1.82) is 5.26 Å². The van der Waals surface area contributed by atoms with Crippen LogP contribution in [0.4, 0.5) is 22.1 Å². The number of benzene rings is 2. The van der Waals surface area contributed by atoms with Crippen LogP contribution in [0.25, 0.3) is 11.0 Å². The number of imidazole rings is 1. The molecule has 0 saturated carbocycles. The zero-order chi connectivity index (χ0) is 27.0. The summed E-state index contributed by atoms with van der Waals surface area (Å²) < 4.78 is 7.43. The monoisotopic (exact) mass is 504 g/mol. The van der Waals surface area contributed by atoms with Crippen molar-refractivity contribution in [1.82, 2.24) is 9.55 Å². The van der Waals surface area contributed by atoms with Gasteiger partial charge in [-0.2, -0.15) is 5.26 Å². The van der Waals surface area contributed by atoms with Crippen LogP contribution in [0.15, 0.2) is 42.5 Å². The van der Waals surface area contributed by atoms with Crippen molar-refractivity contribution in [3.63, 3.8) is 0 Å². The van der Waals surface area contributed by atoms with Crippen molar-refractivity contribution >= 4 is 40.3 Å². The van der Waals surface area contributed by atoms with Gasteiger partial charge in [-0.05, 0) is 62.2 Å². The molecular weight excluding hydrogens is 468 g/mol. The van der Waals surface area contributed by atoms with E-state index in [1.165, 1.54) is 0 Å². The summed E-state index contributed by atoms with van der Waals surface area (Å²) in [6.45, 7) is 9.79. The van der Waals surface area contributed by atoms with E-state index in [-0.39, 0.29) is 5.91 Å². The SMILES string of the molecule is CCCC(C)(C)C(=O)N(C)c1ccc2c(c1)nc(NC(=O)Nc1ccc(C#N)cc1)n2CCCOCC. The molecule has 1 aromatic heterocycles. The lowest BCUT2D eigenvalue weighted by Gasteiger charge is -2.29. The average Bonchev–Trinajstić information content (AvgIpc) is 3.21. The minimum atomic E-state index is -0.465. The summed E-state index contributed by atoms with van der Waals surface area (Å²) >= 11 is 0. The van der Waals surface area contributed by atoms with E-state index in [9.17, 15) is 9.59 Å². The number of carbonyl (C=O) groups is 2. The van der Waals surface area contributed by atoms with E-state index in [0.717, 1.165) is 30.5 Å². The summed E-state index contributed by atoms with van der Waals surface area (Å²) in [6, 6.07) is 13.9. The first-order valence-electron chi connectivity index (χ1n) is 12.6. The van der Waals surface area contributed by atoms with Gasteiger partial charge >= 0.3 is 6.03 Å². The fraction of sp³-hybridized carbons (Fsp3) is 0.429. The number of amides is 3. The molecule has 0 unspecified atom stereocenters. The van der Waals surface area contributed by atoms with Gasteiger partial charge in [-0.15, -0.1) is 0 Å². The fourth-order valence-corrected chi connectivity index (χ4v) is 4.31. The second-order valence-electron chi connectivity index (χ2n) is 9.58. The summed E-state index contributed by atoms with van der Waals surface area (Å²) in [4.78, 5) is 32.3. The summed E-state index contributed by atoms with van der Waals surface area (Å²) in [7, 11) is 1.78. The van der Waals surface area contributed by atoms with Gasteiger partial charge in [0.25, 0.3) is 0 Å². The maximum Gasteiger partial charge on any atom is 0.326 e. The summed E-state index contributed by atoms with van der Waals surface area (Å²) in [6.07, 6.45) is 2.48. The molecule has 0 spiro atoms. The van der Waals surface area contributed by atoms with E-state index in [4.69, 9.17) is 15.0 Å². The number of aryl methyl sites for hydroxylation is 1. The van der Waals surface area contributed by atoms with Gasteiger partial charge in [0.1, 0.15) is 0 Å². The highest BCUT2D eigenvalue weighted by Crippen LogP contribution is 2.30. The first-order valence-corrected chi connectivity index (χ1v) is 12.6. The predicted molar refractivity (Wildman–Crippen MR) is 147 cm³/mol. The van der Waals surface area contributed by atoms with Gasteiger partial charge in [0, 0.05) is 43.6 Å². The Morgan fingerprint density at radius 2 is 1.86 bits per heavy atom. The topological polar surface area (TPSA) is 112 Å². The third-order valence-corrected chi connectivity index (χ3v) is 6.25. The van der Waals surface area contributed by atoms with Gasteiger partial charge in [0.15, 0.2) is 0 Å². The zero-order valence-corrected chi connectivity index (χ0v) is 22.3. The van der Waals surface area contributed by atoms with Crippen LogP contribution in [0.3, 0.4) is 0 Å². The number of hydrogen-bond donors (Lipinski definition) is 2. The maximum absolute atomic E-state index is 13.1. The zero-order valence-electron chi connectivity index (χ0n) is 22.3. The van der Waals surface area contributed by atoms with Crippen LogP contribution in [-0.4, -0.2) is 41.8 Å². The number of nitrogens with zero attached hydrogens (tertiary/aromatic N) is 4. The van der Waals surface area contributed by atoms with Crippen molar-refractivity contribution in [3.8, 4) is 6.07 Å². The van der Waals surface area contributed by atoms with Gasteiger partial charge in [0.2, 0.25) is 11.9 Å². The Balaban J connectivity index is 1.87. The molecule has 1 heterocycles. The summed E-state index contributed by atoms with van der Waals surface area (Å²) in [5.74, 6) is 0.445. The smallest absolute Gasteiger partial charge is 0.326 e. The number of urea groups is 1. The third kappa shape index (κ3) is 6.86. The van der Waals surface area contributed by atoms with Crippen LogP contribution < -0.4 is 15.5 Å². The molecule has 2 N–H and O–H groups in total. The quantitative estimate of drug-likeness (QED) is 0.322. The molecule has 0 aliphatic carbocycles. The summed E-state index contributed by atoms with van der Waals surface area (Å²) in [5, 5.41) is 14.6. The van der Waals surface area contributed by atoms with Gasteiger partial charge < -0.3 is 19.5 Å².